The van der Waals surface area contributed by atoms with Crippen LogP contribution in [0.1, 0.15) is 31.2 Å². The Balaban J connectivity index is 1.65. The molecular weight excluding hydrogens is 286 g/mol. The smallest absolute Gasteiger partial charge is 0.229 e. The summed E-state index contributed by atoms with van der Waals surface area (Å²) in [5, 5.41) is 6.67. The van der Waals surface area contributed by atoms with Crippen molar-refractivity contribution in [1.82, 2.24) is 15.0 Å². The molecule has 6 heteroatoms. The lowest BCUT2D eigenvalue weighted by atomic mass is 10.1. The monoisotopic (exact) mass is 303 g/mol. The topological polar surface area (TPSA) is 62.7 Å². The molecule has 110 valence electrons. The van der Waals surface area contributed by atoms with Gasteiger partial charge >= 0.3 is 0 Å². The Kier molecular flexibility index (Phi) is 4.20. The van der Waals surface area contributed by atoms with E-state index in [2.05, 4.69) is 56.8 Å². The summed E-state index contributed by atoms with van der Waals surface area (Å²) >= 11 is 5.94. The van der Waals surface area contributed by atoms with Crippen molar-refractivity contribution in [3.05, 3.63) is 41.2 Å². The Labute approximate surface area is 129 Å². The van der Waals surface area contributed by atoms with Crippen LogP contribution in [-0.2, 0) is 0 Å². The number of halogens is 1. The van der Waals surface area contributed by atoms with Gasteiger partial charge in [0.2, 0.25) is 17.2 Å². The molecule has 0 bridgehead atoms. The maximum Gasteiger partial charge on any atom is 0.229 e. The number of nitrogens with zero attached hydrogens (tertiary/aromatic N) is 3. The minimum absolute atomic E-state index is 0.211. The van der Waals surface area contributed by atoms with Gasteiger partial charge < -0.3 is 10.6 Å². The lowest BCUT2D eigenvalue weighted by Crippen LogP contribution is -2.11. The zero-order valence-electron chi connectivity index (χ0n) is 11.9. The van der Waals surface area contributed by atoms with Crippen molar-refractivity contribution in [3.63, 3.8) is 0 Å². The molecule has 1 aliphatic carbocycles. The summed E-state index contributed by atoms with van der Waals surface area (Å²) in [5.41, 5.74) is 1.35. The summed E-state index contributed by atoms with van der Waals surface area (Å²) in [5.74, 6) is 1.59. The SMILES string of the molecule is CCCNc1nc(Cl)nc(NC2CC2c2ccccc2)n1. The summed E-state index contributed by atoms with van der Waals surface area (Å²) in [7, 11) is 0. The molecule has 0 radical (unpaired) electrons. The quantitative estimate of drug-likeness (QED) is 0.857. The summed E-state index contributed by atoms with van der Waals surface area (Å²) in [4.78, 5) is 12.6. The Hall–Kier alpha value is -1.88. The van der Waals surface area contributed by atoms with E-state index in [4.69, 9.17) is 11.6 Å². The van der Waals surface area contributed by atoms with Gasteiger partial charge in [-0.1, -0.05) is 37.3 Å². The summed E-state index contributed by atoms with van der Waals surface area (Å²) in [6, 6.07) is 10.8. The van der Waals surface area contributed by atoms with E-state index in [1.54, 1.807) is 0 Å². The van der Waals surface area contributed by atoms with E-state index in [1.165, 1.54) is 5.56 Å². The minimum Gasteiger partial charge on any atom is -0.354 e. The molecule has 1 heterocycles. The van der Waals surface area contributed by atoms with Gasteiger partial charge in [-0.15, -0.1) is 0 Å². The van der Waals surface area contributed by atoms with Gasteiger partial charge in [0.1, 0.15) is 0 Å². The number of aromatic nitrogens is 3. The van der Waals surface area contributed by atoms with Gasteiger partial charge in [0, 0.05) is 18.5 Å². The fraction of sp³-hybridized carbons (Fsp3) is 0.400. The molecule has 5 nitrogen and oxygen atoms in total. The van der Waals surface area contributed by atoms with Gasteiger partial charge in [-0.3, -0.25) is 0 Å². The maximum absolute atomic E-state index is 5.94. The molecule has 21 heavy (non-hydrogen) atoms. The molecule has 2 N–H and O–H groups in total. The molecule has 2 aromatic rings. The van der Waals surface area contributed by atoms with Crippen molar-refractivity contribution in [3.8, 4) is 0 Å². The average molecular weight is 304 g/mol. The first-order valence-electron chi connectivity index (χ1n) is 7.23. The fourth-order valence-electron chi connectivity index (χ4n) is 2.32. The van der Waals surface area contributed by atoms with Crippen LogP contribution >= 0.6 is 11.6 Å². The molecule has 0 amide bonds. The highest BCUT2D eigenvalue weighted by Crippen LogP contribution is 2.42. The minimum atomic E-state index is 0.211. The molecule has 3 rings (SSSR count). The molecule has 0 aliphatic heterocycles. The average Bonchev–Trinajstić information content (AvgIpc) is 3.24. The normalized spacial score (nSPS) is 20.1. The number of benzene rings is 1. The molecule has 1 aromatic heterocycles. The number of hydrogen-bond donors (Lipinski definition) is 2. The largest absolute Gasteiger partial charge is 0.354 e. The van der Waals surface area contributed by atoms with Crippen LogP contribution in [0.25, 0.3) is 0 Å². The molecule has 0 spiro atoms. The summed E-state index contributed by atoms with van der Waals surface area (Å²) in [6.45, 7) is 2.90. The van der Waals surface area contributed by atoms with Crippen LogP contribution in [0.2, 0.25) is 5.28 Å². The molecule has 0 saturated heterocycles. The number of rotatable bonds is 6. The van der Waals surface area contributed by atoms with Crippen LogP contribution < -0.4 is 10.6 Å². The molecule has 1 saturated carbocycles. The van der Waals surface area contributed by atoms with Gasteiger partial charge in [0.25, 0.3) is 0 Å². The second-order valence-corrected chi connectivity index (χ2v) is 5.52. The maximum atomic E-state index is 5.94. The highest BCUT2D eigenvalue weighted by Gasteiger charge is 2.38. The van der Waals surface area contributed by atoms with E-state index in [1.807, 2.05) is 6.07 Å². The zero-order chi connectivity index (χ0) is 14.7. The zero-order valence-corrected chi connectivity index (χ0v) is 12.6. The second-order valence-electron chi connectivity index (χ2n) is 5.18. The van der Waals surface area contributed by atoms with Gasteiger partial charge in [-0.2, -0.15) is 15.0 Å². The van der Waals surface area contributed by atoms with Gasteiger partial charge in [-0.05, 0) is 30.0 Å². The van der Waals surface area contributed by atoms with Gasteiger partial charge in [0.15, 0.2) is 0 Å². The van der Waals surface area contributed by atoms with Crippen molar-refractivity contribution in [2.24, 2.45) is 0 Å². The molecule has 1 aromatic carbocycles. The predicted molar refractivity (Wildman–Crippen MR) is 84.8 cm³/mol. The van der Waals surface area contributed by atoms with Crippen LogP contribution in [0, 0.1) is 0 Å². The Bertz CT molecular complexity index is 604. The molecule has 2 unspecified atom stereocenters. The third-order valence-corrected chi connectivity index (χ3v) is 3.64. The van der Waals surface area contributed by atoms with Crippen molar-refractivity contribution >= 4 is 23.5 Å². The first kappa shape index (κ1) is 14.1. The first-order chi connectivity index (χ1) is 10.3. The Morgan fingerprint density at radius 1 is 1.14 bits per heavy atom. The number of anilines is 2. The van der Waals surface area contributed by atoms with Crippen LogP contribution in [-0.4, -0.2) is 27.5 Å². The predicted octanol–water partition coefficient (Wildman–Crippen LogP) is 3.31. The van der Waals surface area contributed by atoms with E-state index < -0.39 is 0 Å². The highest BCUT2D eigenvalue weighted by molar-refractivity contribution is 6.28. The third-order valence-electron chi connectivity index (χ3n) is 3.47. The van der Waals surface area contributed by atoms with Crippen molar-refractivity contribution in [1.29, 1.82) is 0 Å². The van der Waals surface area contributed by atoms with Crippen molar-refractivity contribution in [2.45, 2.75) is 31.7 Å². The summed E-state index contributed by atoms with van der Waals surface area (Å²) in [6.07, 6.45) is 2.09. The van der Waals surface area contributed by atoms with E-state index in [9.17, 15) is 0 Å². The third kappa shape index (κ3) is 3.61. The number of nitrogens with one attached hydrogen (secondary N) is 2. The van der Waals surface area contributed by atoms with Crippen molar-refractivity contribution < 1.29 is 0 Å². The lowest BCUT2D eigenvalue weighted by molar-refractivity contribution is 0.927. The molecular formula is C15H18ClN5. The van der Waals surface area contributed by atoms with E-state index >= 15 is 0 Å². The first-order valence-corrected chi connectivity index (χ1v) is 7.61. The van der Waals surface area contributed by atoms with E-state index in [0.717, 1.165) is 19.4 Å². The molecule has 1 aliphatic rings. The number of hydrogen-bond acceptors (Lipinski definition) is 5. The van der Waals surface area contributed by atoms with Crippen LogP contribution in [0.3, 0.4) is 0 Å². The standard InChI is InChI=1S/C15H18ClN5/c1-2-8-17-14-19-13(16)20-15(21-14)18-12-9-11(12)10-6-4-3-5-7-10/h3-7,11-12H,2,8-9H2,1H3,(H2,17,18,19,20,21). The van der Waals surface area contributed by atoms with E-state index in [0.29, 0.717) is 23.9 Å². The van der Waals surface area contributed by atoms with Crippen LogP contribution in [0.15, 0.2) is 30.3 Å². The molecule has 2 atom stereocenters. The van der Waals surface area contributed by atoms with Crippen LogP contribution in [0.5, 0.6) is 0 Å². The lowest BCUT2D eigenvalue weighted by Gasteiger charge is -2.07. The van der Waals surface area contributed by atoms with Gasteiger partial charge in [0.05, 0.1) is 0 Å². The van der Waals surface area contributed by atoms with Crippen LogP contribution in [0.4, 0.5) is 11.9 Å². The Morgan fingerprint density at radius 2 is 1.90 bits per heavy atom. The fourth-order valence-corrected chi connectivity index (χ4v) is 2.48. The summed E-state index contributed by atoms with van der Waals surface area (Å²) < 4.78 is 0. The molecule has 1 fully saturated rings. The van der Waals surface area contributed by atoms with Gasteiger partial charge in [-0.25, -0.2) is 0 Å². The highest BCUT2D eigenvalue weighted by atomic mass is 35.5. The Morgan fingerprint density at radius 3 is 2.67 bits per heavy atom. The van der Waals surface area contributed by atoms with E-state index in [-0.39, 0.29) is 5.28 Å². The van der Waals surface area contributed by atoms with Crippen molar-refractivity contribution in [2.75, 3.05) is 17.2 Å². The second kappa shape index (κ2) is 6.26.